The minimum Gasteiger partial charge on any atom is -0.301 e. The van der Waals surface area contributed by atoms with Crippen LogP contribution in [-0.2, 0) is 0 Å². The van der Waals surface area contributed by atoms with Crippen molar-refractivity contribution in [1.29, 1.82) is 0 Å². The first kappa shape index (κ1) is 15.1. The van der Waals surface area contributed by atoms with Crippen molar-refractivity contribution in [3.8, 4) is 10.4 Å². The molecule has 3 nitrogen and oxygen atoms in total. The van der Waals surface area contributed by atoms with Gasteiger partial charge in [0.15, 0.2) is 0 Å². The van der Waals surface area contributed by atoms with Gasteiger partial charge in [-0.15, -0.1) is 11.3 Å². The van der Waals surface area contributed by atoms with Gasteiger partial charge in [0, 0.05) is 45.2 Å². The Morgan fingerprint density at radius 2 is 1.88 bits per heavy atom. The summed E-state index contributed by atoms with van der Waals surface area (Å²) in [7, 11) is 0. The van der Waals surface area contributed by atoms with Gasteiger partial charge in [0.1, 0.15) is 0 Å². The van der Waals surface area contributed by atoms with Crippen LogP contribution in [-0.4, -0.2) is 11.2 Å². The number of halogens is 1. The molecule has 1 aromatic carbocycles. The Labute approximate surface area is 155 Å². The Morgan fingerprint density at radius 3 is 2.68 bits per heavy atom. The summed E-state index contributed by atoms with van der Waals surface area (Å²) >= 11 is 7.96. The lowest BCUT2D eigenvalue weighted by molar-refractivity contribution is 0.431. The SMILES string of the molecule is Clc1ccc(C2CC3C=NNC3c3sc(-c4ccncc4)cc32)cc1. The summed E-state index contributed by atoms with van der Waals surface area (Å²) in [5.74, 6) is 0.823. The zero-order valence-electron chi connectivity index (χ0n) is 13.4. The van der Waals surface area contributed by atoms with Gasteiger partial charge in [0.2, 0.25) is 0 Å². The smallest absolute Gasteiger partial charge is 0.0863 e. The van der Waals surface area contributed by atoms with E-state index < -0.39 is 0 Å². The molecule has 1 aliphatic carbocycles. The van der Waals surface area contributed by atoms with E-state index in [4.69, 9.17) is 11.6 Å². The van der Waals surface area contributed by atoms with Crippen LogP contribution in [0.25, 0.3) is 10.4 Å². The molecule has 0 fully saturated rings. The van der Waals surface area contributed by atoms with Crippen molar-refractivity contribution in [2.24, 2.45) is 11.0 Å². The topological polar surface area (TPSA) is 37.3 Å². The van der Waals surface area contributed by atoms with Crippen molar-refractivity contribution < 1.29 is 0 Å². The second kappa shape index (κ2) is 5.97. The lowest BCUT2D eigenvalue weighted by Gasteiger charge is -2.31. The highest BCUT2D eigenvalue weighted by Gasteiger charge is 2.39. The molecule has 0 amide bonds. The number of nitrogens with one attached hydrogen (secondary N) is 1. The maximum atomic E-state index is 6.09. The predicted octanol–water partition coefficient (Wildman–Crippen LogP) is 5.25. The molecule has 2 aromatic heterocycles. The van der Waals surface area contributed by atoms with Gasteiger partial charge in [-0.1, -0.05) is 23.7 Å². The molecule has 5 rings (SSSR count). The summed E-state index contributed by atoms with van der Waals surface area (Å²) in [6.45, 7) is 0. The maximum absolute atomic E-state index is 6.09. The van der Waals surface area contributed by atoms with Crippen LogP contribution in [0.15, 0.2) is 60.0 Å². The van der Waals surface area contributed by atoms with Crippen molar-refractivity contribution in [2.45, 2.75) is 18.4 Å². The molecule has 2 aliphatic rings. The first-order valence-corrected chi connectivity index (χ1v) is 9.57. The fourth-order valence-electron chi connectivity index (χ4n) is 3.85. The standard InChI is InChI=1S/C20H16ClN3S/c21-15-3-1-12(2-4-15)16-9-14-11-23-24-19(14)20-17(16)10-18(25-20)13-5-7-22-8-6-13/h1-8,10-11,14,16,19,24H,9H2. The van der Waals surface area contributed by atoms with Crippen LogP contribution >= 0.6 is 22.9 Å². The van der Waals surface area contributed by atoms with E-state index in [-0.39, 0.29) is 0 Å². The third-order valence-corrected chi connectivity index (χ3v) is 6.64. The van der Waals surface area contributed by atoms with Gasteiger partial charge in [-0.2, -0.15) is 5.10 Å². The number of thiophene rings is 1. The zero-order valence-corrected chi connectivity index (χ0v) is 15.0. The second-order valence-corrected chi connectivity index (χ2v) is 8.07. The molecule has 0 saturated carbocycles. The molecule has 1 aliphatic heterocycles. The summed E-state index contributed by atoms with van der Waals surface area (Å²) in [4.78, 5) is 6.83. The van der Waals surface area contributed by atoms with Gasteiger partial charge in [0.05, 0.1) is 6.04 Å². The molecule has 124 valence electrons. The van der Waals surface area contributed by atoms with Crippen molar-refractivity contribution in [3.63, 3.8) is 0 Å². The number of fused-ring (bicyclic) bond motifs is 3. The average Bonchev–Trinajstić information content (AvgIpc) is 3.29. The fraction of sp³-hybridized carbons (Fsp3) is 0.200. The minimum atomic E-state index is 0.305. The Balaban J connectivity index is 1.63. The van der Waals surface area contributed by atoms with Gasteiger partial charge in [0.25, 0.3) is 0 Å². The quantitative estimate of drug-likeness (QED) is 0.673. The third-order valence-electron chi connectivity index (χ3n) is 5.10. The molecule has 3 unspecified atom stereocenters. The average molecular weight is 366 g/mol. The van der Waals surface area contributed by atoms with Crippen LogP contribution in [0.5, 0.6) is 0 Å². The Morgan fingerprint density at radius 1 is 1.08 bits per heavy atom. The highest BCUT2D eigenvalue weighted by molar-refractivity contribution is 7.15. The zero-order chi connectivity index (χ0) is 16.8. The van der Waals surface area contributed by atoms with Crippen molar-refractivity contribution in [3.05, 3.63) is 75.9 Å². The number of rotatable bonds is 2. The van der Waals surface area contributed by atoms with Crippen molar-refractivity contribution in [1.82, 2.24) is 10.4 Å². The van der Waals surface area contributed by atoms with Gasteiger partial charge in [-0.05, 0) is 53.4 Å². The van der Waals surface area contributed by atoms with E-state index in [0.29, 0.717) is 17.9 Å². The van der Waals surface area contributed by atoms with Crippen LogP contribution < -0.4 is 5.43 Å². The Kier molecular flexibility index (Phi) is 3.61. The number of hydrogen-bond acceptors (Lipinski definition) is 4. The minimum absolute atomic E-state index is 0.305. The third kappa shape index (κ3) is 2.57. The summed E-state index contributed by atoms with van der Waals surface area (Å²) < 4.78 is 0. The molecule has 25 heavy (non-hydrogen) atoms. The number of aromatic nitrogens is 1. The van der Waals surface area contributed by atoms with E-state index in [0.717, 1.165) is 11.4 Å². The molecule has 3 heterocycles. The van der Waals surface area contributed by atoms with Crippen LogP contribution in [0.4, 0.5) is 0 Å². The largest absolute Gasteiger partial charge is 0.301 e. The number of pyridine rings is 1. The Bertz CT molecular complexity index is 933. The van der Waals surface area contributed by atoms with E-state index in [1.165, 1.54) is 26.4 Å². The fourth-order valence-corrected chi connectivity index (χ4v) is 5.33. The highest BCUT2D eigenvalue weighted by Crippen LogP contribution is 2.50. The molecular weight excluding hydrogens is 350 g/mol. The lowest BCUT2D eigenvalue weighted by atomic mass is 9.75. The van der Waals surface area contributed by atoms with E-state index in [9.17, 15) is 0 Å². The van der Waals surface area contributed by atoms with Crippen molar-refractivity contribution >= 4 is 29.2 Å². The molecular formula is C20H16ClN3S. The number of benzene rings is 1. The van der Waals surface area contributed by atoms with Gasteiger partial charge < -0.3 is 5.43 Å². The number of nitrogens with zero attached hydrogens (tertiary/aromatic N) is 2. The summed E-state index contributed by atoms with van der Waals surface area (Å²) in [6, 6.07) is 15.1. The summed E-state index contributed by atoms with van der Waals surface area (Å²) in [5.41, 5.74) is 7.27. The first-order valence-electron chi connectivity index (χ1n) is 8.38. The first-order chi connectivity index (χ1) is 12.3. The molecule has 3 atom stereocenters. The number of hydrogen-bond donors (Lipinski definition) is 1. The molecule has 1 N–H and O–H groups in total. The van der Waals surface area contributed by atoms with E-state index in [1.807, 2.05) is 35.9 Å². The molecule has 0 spiro atoms. The van der Waals surface area contributed by atoms with Crippen LogP contribution in [0.3, 0.4) is 0 Å². The van der Waals surface area contributed by atoms with Gasteiger partial charge in [-0.3, -0.25) is 4.98 Å². The normalized spacial score (nSPS) is 23.8. The van der Waals surface area contributed by atoms with Gasteiger partial charge in [-0.25, -0.2) is 0 Å². The lowest BCUT2D eigenvalue weighted by Crippen LogP contribution is -2.26. The van der Waals surface area contributed by atoms with E-state index in [2.05, 4.69) is 52.1 Å². The van der Waals surface area contributed by atoms with Gasteiger partial charge >= 0.3 is 0 Å². The highest BCUT2D eigenvalue weighted by atomic mass is 35.5. The summed E-state index contributed by atoms with van der Waals surface area (Å²) in [5, 5.41) is 5.13. The van der Waals surface area contributed by atoms with Crippen LogP contribution in [0.1, 0.15) is 34.4 Å². The molecule has 0 radical (unpaired) electrons. The monoisotopic (exact) mass is 365 g/mol. The number of hydrazone groups is 1. The van der Waals surface area contributed by atoms with Crippen LogP contribution in [0.2, 0.25) is 5.02 Å². The summed E-state index contributed by atoms with van der Waals surface area (Å²) in [6.07, 6.45) is 6.85. The van der Waals surface area contributed by atoms with E-state index >= 15 is 0 Å². The molecule has 0 saturated heterocycles. The second-order valence-electron chi connectivity index (χ2n) is 6.55. The van der Waals surface area contributed by atoms with Crippen molar-refractivity contribution in [2.75, 3.05) is 0 Å². The molecule has 0 bridgehead atoms. The molecule has 3 aromatic rings. The van der Waals surface area contributed by atoms with Crippen LogP contribution in [0, 0.1) is 5.92 Å². The Hall–Kier alpha value is -2.17. The molecule has 5 heteroatoms. The maximum Gasteiger partial charge on any atom is 0.0863 e. The predicted molar refractivity (Wildman–Crippen MR) is 103 cm³/mol. The van der Waals surface area contributed by atoms with E-state index in [1.54, 1.807) is 0 Å².